The molecule has 1 aromatic rings. The zero-order valence-corrected chi connectivity index (χ0v) is 14.2. The number of aromatic nitrogens is 1. The summed E-state index contributed by atoms with van der Waals surface area (Å²) in [5.74, 6) is 0.464. The standard InChI is InChI=1S/C18H30N2O2/c1-4-15-7-5-6-9-19(15)12-16-11-17(21)18(22)13-20(16)10-8-14(2)3/h11,13-15,22H,4-10,12H2,1-3H3. The van der Waals surface area contributed by atoms with Gasteiger partial charge in [0.25, 0.3) is 0 Å². The lowest BCUT2D eigenvalue weighted by Crippen LogP contribution is -2.39. The third-order valence-corrected chi connectivity index (χ3v) is 4.73. The van der Waals surface area contributed by atoms with Crippen LogP contribution in [-0.2, 0) is 13.1 Å². The SMILES string of the molecule is CCC1CCCCN1Cc1cc(=O)c(O)cn1CCC(C)C. The topological polar surface area (TPSA) is 45.5 Å². The molecular weight excluding hydrogens is 276 g/mol. The van der Waals surface area contributed by atoms with Gasteiger partial charge in [0, 0.05) is 30.9 Å². The normalized spacial score (nSPS) is 19.7. The number of hydrogen-bond acceptors (Lipinski definition) is 3. The van der Waals surface area contributed by atoms with E-state index >= 15 is 0 Å². The van der Waals surface area contributed by atoms with E-state index in [9.17, 15) is 9.90 Å². The quantitative estimate of drug-likeness (QED) is 0.876. The van der Waals surface area contributed by atoms with Crippen LogP contribution in [0.4, 0.5) is 0 Å². The molecule has 1 N–H and O–H groups in total. The van der Waals surface area contributed by atoms with Gasteiger partial charge in [0.1, 0.15) is 0 Å². The molecule has 4 heteroatoms. The fourth-order valence-corrected chi connectivity index (χ4v) is 3.28. The van der Waals surface area contributed by atoms with Crippen LogP contribution in [0.1, 0.15) is 58.6 Å². The van der Waals surface area contributed by atoms with Gasteiger partial charge in [-0.25, -0.2) is 0 Å². The van der Waals surface area contributed by atoms with Gasteiger partial charge in [0.2, 0.25) is 5.43 Å². The zero-order chi connectivity index (χ0) is 16.1. The lowest BCUT2D eigenvalue weighted by molar-refractivity contribution is 0.132. The summed E-state index contributed by atoms with van der Waals surface area (Å²) in [5.41, 5.74) is 0.768. The molecule has 2 heterocycles. The molecule has 1 aromatic heterocycles. The van der Waals surface area contributed by atoms with Crippen LogP contribution in [0, 0.1) is 5.92 Å². The number of rotatable bonds is 6. The number of pyridine rings is 1. The highest BCUT2D eigenvalue weighted by Crippen LogP contribution is 2.22. The predicted octanol–water partition coefficient (Wildman–Crippen LogP) is 3.36. The number of aromatic hydroxyl groups is 1. The summed E-state index contributed by atoms with van der Waals surface area (Å²) in [6.45, 7) is 9.40. The molecular formula is C18H30N2O2. The monoisotopic (exact) mass is 306 g/mol. The average Bonchev–Trinajstić information content (AvgIpc) is 2.49. The number of likely N-dealkylation sites (tertiary alicyclic amines) is 1. The highest BCUT2D eigenvalue weighted by atomic mass is 16.3. The van der Waals surface area contributed by atoms with E-state index in [4.69, 9.17) is 0 Å². The third-order valence-electron chi connectivity index (χ3n) is 4.73. The number of hydrogen-bond donors (Lipinski definition) is 1. The van der Waals surface area contributed by atoms with Gasteiger partial charge in [-0.2, -0.15) is 0 Å². The summed E-state index contributed by atoms with van der Waals surface area (Å²) < 4.78 is 2.07. The second-order valence-electron chi connectivity index (χ2n) is 6.92. The molecule has 2 rings (SSSR count). The molecule has 4 nitrogen and oxygen atoms in total. The Hall–Kier alpha value is -1.29. The Labute approximate surface area is 133 Å². The maximum Gasteiger partial charge on any atom is 0.223 e. The highest BCUT2D eigenvalue weighted by molar-refractivity contribution is 5.20. The van der Waals surface area contributed by atoms with Gasteiger partial charge in [-0.1, -0.05) is 27.2 Å². The van der Waals surface area contributed by atoms with Crippen molar-refractivity contribution in [1.82, 2.24) is 9.47 Å². The van der Waals surface area contributed by atoms with E-state index in [1.165, 1.54) is 19.3 Å². The molecule has 1 aliphatic heterocycles. The van der Waals surface area contributed by atoms with Crippen LogP contribution >= 0.6 is 0 Å². The van der Waals surface area contributed by atoms with Crippen LogP contribution in [0.3, 0.4) is 0 Å². The summed E-state index contributed by atoms with van der Waals surface area (Å²) in [7, 11) is 0. The van der Waals surface area contributed by atoms with Crippen LogP contribution in [0.5, 0.6) is 5.75 Å². The summed E-state index contributed by atoms with van der Waals surface area (Å²) in [4.78, 5) is 14.3. The minimum absolute atomic E-state index is 0.141. The summed E-state index contributed by atoms with van der Waals surface area (Å²) in [6.07, 6.45) is 7.63. The molecule has 124 valence electrons. The van der Waals surface area contributed by atoms with Gasteiger partial charge in [0.05, 0.1) is 6.20 Å². The Balaban J connectivity index is 2.20. The third kappa shape index (κ3) is 4.35. The highest BCUT2D eigenvalue weighted by Gasteiger charge is 2.22. The van der Waals surface area contributed by atoms with Gasteiger partial charge in [-0.15, -0.1) is 0 Å². The van der Waals surface area contributed by atoms with Crippen molar-refractivity contribution in [3.05, 3.63) is 28.2 Å². The maximum atomic E-state index is 11.8. The van der Waals surface area contributed by atoms with E-state index in [0.29, 0.717) is 12.0 Å². The minimum atomic E-state index is -0.263. The van der Waals surface area contributed by atoms with Gasteiger partial charge in [-0.3, -0.25) is 9.69 Å². The summed E-state index contributed by atoms with van der Waals surface area (Å²) in [6, 6.07) is 2.24. The Kier molecular flexibility index (Phi) is 6.07. The molecule has 0 amide bonds. The fraction of sp³-hybridized carbons (Fsp3) is 0.722. The van der Waals surface area contributed by atoms with Crippen LogP contribution in [0.15, 0.2) is 17.1 Å². The van der Waals surface area contributed by atoms with Crippen LogP contribution in [-0.4, -0.2) is 27.2 Å². The first-order valence-electron chi connectivity index (χ1n) is 8.67. The zero-order valence-electron chi connectivity index (χ0n) is 14.2. The Morgan fingerprint density at radius 3 is 2.82 bits per heavy atom. The molecule has 22 heavy (non-hydrogen) atoms. The summed E-state index contributed by atoms with van der Waals surface area (Å²) in [5, 5.41) is 9.75. The van der Waals surface area contributed by atoms with E-state index in [1.54, 1.807) is 12.3 Å². The molecule has 0 radical (unpaired) electrons. The lowest BCUT2D eigenvalue weighted by Gasteiger charge is -2.35. The molecule has 1 fully saturated rings. The Bertz CT molecular complexity index is 536. The van der Waals surface area contributed by atoms with E-state index < -0.39 is 0 Å². The molecule has 0 aromatic carbocycles. The van der Waals surface area contributed by atoms with Gasteiger partial charge in [0.15, 0.2) is 5.75 Å². The second kappa shape index (κ2) is 7.82. The van der Waals surface area contributed by atoms with E-state index in [-0.39, 0.29) is 11.2 Å². The van der Waals surface area contributed by atoms with Crippen molar-refractivity contribution in [3.8, 4) is 5.75 Å². The average molecular weight is 306 g/mol. The number of piperidine rings is 1. The first-order valence-corrected chi connectivity index (χ1v) is 8.67. The molecule has 0 saturated carbocycles. The van der Waals surface area contributed by atoms with Crippen LogP contribution < -0.4 is 5.43 Å². The Morgan fingerprint density at radius 1 is 1.36 bits per heavy atom. The number of aryl methyl sites for hydroxylation is 1. The van der Waals surface area contributed by atoms with Crippen molar-refractivity contribution in [2.45, 2.75) is 72.0 Å². The van der Waals surface area contributed by atoms with E-state index in [0.717, 1.165) is 38.2 Å². The fourth-order valence-electron chi connectivity index (χ4n) is 3.28. The van der Waals surface area contributed by atoms with Gasteiger partial charge < -0.3 is 9.67 Å². The molecule has 1 unspecified atom stereocenters. The number of nitrogens with zero attached hydrogens (tertiary/aromatic N) is 2. The first-order chi connectivity index (χ1) is 10.5. The maximum absolute atomic E-state index is 11.8. The lowest BCUT2D eigenvalue weighted by atomic mass is 10.00. The largest absolute Gasteiger partial charge is 0.503 e. The van der Waals surface area contributed by atoms with Crippen LogP contribution in [0.2, 0.25) is 0 Å². The molecule has 1 atom stereocenters. The van der Waals surface area contributed by atoms with Crippen molar-refractivity contribution < 1.29 is 5.11 Å². The van der Waals surface area contributed by atoms with E-state index in [2.05, 4.69) is 30.2 Å². The van der Waals surface area contributed by atoms with Crippen molar-refractivity contribution in [1.29, 1.82) is 0 Å². The molecule has 0 spiro atoms. The van der Waals surface area contributed by atoms with E-state index in [1.807, 2.05) is 0 Å². The second-order valence-corrected chi connectivity index (χ2v) is 6.92. The summed E-state index contributed by atoms with van der Waals surface area (Å²) >= 11 is 0. The predicted molar refractivity (Wildman–Crippen MR) is 90.2 cm³/mol. The van der Waals surface area contributed by atoms with Gasteiger partial charge >= 0.3 is 0 Å². The molecule has 0 aliphatic carbocycles. The van der Waals surface area contributed by atoms with Crippen molar-refractivity contribution in [2.75, 3.05) is 6.54 Å². The van der Waals surface area contributed by atoms with Crippen LogP contribution in [0.25, 0.3) is 0 Å². The van der Waals surface area contributed by atoms with Gasteiger partial charge in [-0.05, 0) is 38.1 Å². The molecule has 1 saturated heterocycles. The van der Waals surface area contributed by atoms with Crippen molar-refractivity contribution in [2.24, 2.45) is 5.92 Å². The molecule has 0 bridgehead atoms. The van der Waals surface area contributed by atoms with Crippen molar-refractivity contribution >= 4 is 0 Å². The minimum Gasteiger partial charge on any atom is -0.503 e. The molecule has 1 aliphatic rings. The van der Waals surface area contributed by atoms with Crippen molar-refractivity contribution in [3.63, 3.8) is 0 Å². The smallest absolute Gasteiger partial charge is 0.223 e. The Morgan fingerprint density at radius 2 is 2.14 bits per heavy atom. The first kappa shape index (κ1) is 17.1.